The van der Waals surface area contributed by atoms with Crippen molar-refractivity contribution < 1.29 is 14.5 Å². The monoisotopic (exact) mass is 335 g/mol. The Morgan fingerprint density at radius 1 is 1.38 bits per heavy atom. The van der Waals surface area contributed by atoms with E-state index in [1.165, 1.54) is 12.1 Å². The fourth-order valence-electron chi connectivity index (χ4n) is 2.81. The number of benzene rings is 1. The predicted molar refractivity (Wildman–Crippen MR) is 91.3 cm³/mol. The molecule has 0 aromatic heterocycles. The summed E-state index contributed by atoms with van der Waals surface area (Å²) >= 11 is 0. The van der Waals surface area contributed by atoms with Gasteiger partial charge in [-0.05, 0) is 46.0 Å². The van der Waals surface area contributed by atoms with Gasteiger partial charge in [-0.15, -0.1) is 0 Å². The highest BCUT2D eigenvalue weighted by Crippen LogP contribution is 2.21. The quantitative estimate of drug-likeness (QED) is 0.563. The fraction of sp³-hybridized carbons (Fsp3) is 0.588. The number of likely N-dealkylation sites (N-methyl/N-ethyl adjacent to an activating group) is 1. The molecule has 1 saturated heterocycles. The second-order valence-corrected chi connectivity index (χ2v) is 6.45. The number of nitro benzene ring substituents is 1. The molecule has 1 amide bonds. The molecule has 0 saturated carbocycles. The van der Waals surface area contributed by atoms with E-state index in [2.05, 4.69) is 0 Å². The lowest BCUT2D eigenvalue weighted by atomic mass is 10.1. The lowest BCUT2D eigenvalue weighted by molar-refractivity contribution is -0.385. The number of nitrogens with zero attached hydrogens (tertiary/aromatic N) is 3. The van der Waals surface area contributed by atoms with Crippen molar-refractivity contribution in [2.75, 3.05) is 40.3 Å². The van der Waals surface area contributed by atoms with Crippen LogP contribution < -0.4 is 0 Å². The van der Waals surface area contributed by atoms with Gasteiger partial charge in [0.1, 0.15) is 0 Å². The Morgan fingerprint density at radius 2 is 2.12 bits per heavy atom. The maximum absolute atomic E-state index is 12.9. The van der Waals surface area contributed by atoms with Crippen molar-refractivity contribution in [1.29, 1.82) is 0 Å². The first-order valence-electron chi connectivity index (χ1n) is 8.19. The van der Waals surface area contributed by atoms with Crippen LogP contribution in [0, 0.1) is 17.0 Å². The van der Waals surface area contributed by atoms with Gasteiger partial charge in [0.25, 0.3) is 11.6 Å². The maximum Gasteiger partial charge on any atom is 0.272 e. The third-order valence-corrected chi connectivity index (χ3v) is 4.19. The van der Waals surface area contributed by atoms with Crippen molar-refractivity contribution in [1.82, 2.24) is 9.80 Å². The van der Waals surface area contributed by atoms with Gasteiger partial charge in [-0.1, -0.05) is 0 Å². The minimum atomic E-state index is -0.431. The molecule has 1 aliphatic heterocycles. The summed E-state index contributed by atoms with van der Waals surface area (Å²) in [6.07, 6.45) is 2.07. The van der Waals surface area contributed by atoms with E-state index in [1.807, 2.05) is 19.0 Å². The van der Waals surface area contributed by atoms with E-state index in [4.69, 9.17) is 4.74 Å². The standard InChI is InChI=1S/C17H25N3O4/c1-13-11-14(6-7-16(13)20(22)23)17(21)19(9-8-18(2)3)12-15-5-4-10-24-15/h6-7,11,15H,4-5,8-10,12H2,1-3H3. The number of carbonyl (C=O) groups is 1. The van der Waals surface area contributed by atoms with Crippen LogP contribution in [0.5, 0.6) is 0 Å². The first-order chi connectivity index (χ1) is 11.4. The molecule has 7 heteroatoms. The molecular formula is C17H25N3O4. The zero-order chi connectivity index (χ0) is 17.7. The highest BCUT2D eigenvalue weighted by Gasteiger charge is 2.24. The van der Waals surface area contributed by atoms with E-state index in [0.29, 0.717) is 24.2 Å². The Labute approximate surface area is 142 Å². The zero-order valence-electron chi connectivity index (χ0n) is 14.5. The molecule has 1 atom stereocenters. The number of carbonyl (C=O) groups excluding carboxylic acids is 1. The normalized spacial score (nSPS) is 17.2. The summed E-state index contributed by atoms with van der Waals surface area (Å²) in [7, 11) is 3.93. The number of amides is 1. The molecule has 1 aromatic rings. The summed E-state index contributed by atoms with van der Waals surface area (Å²) in [5.74, 6) is -0.106. The first kappa shape index (κ1) is 18.4. The van der Waals surface area contributed by atoms with Crippen LogP contribution in [0.3, 0.4) is 0 Å². The van der Waals surface area contributed by atoms with E-state index in [9.17, 15) is 14.9 Å². The van der Waals surface area contributed by atoms with Gasteiger partial charge in [-0.2, -0.15) is 0 Å². The van der Waals surface area contributed by atoms with Crippen LogP contribution in [0.25, 0.3) is 0 Å². The lowest BCUT2D eigenvalue weighted by Crippen LogP contribution is -2.41. The van der Waals surface area contributed by atoms with Crippen molar-refractivity contribution >= 4 is 11.6 Å². The summed E-state index contributed by atoms with van der Waals surface area (Å²) in [4.78, 5) is 27.2. The fourth-order valence-corrected chi connectivity index (χ4v) is 2.81. The minimum absolute atomic E-state index is 0.0329. The number of ether oxygens (including phenoxy) is 1. The molecule has 2 rings (SSSR count). The van der Waals surface area contributed by atoms with Crippen LogP contribution in [0.1, 0.15) is 28.8 Å². The van der Waals surface area contributed by atoms with E-state index in [0.717, 1.165) is 26.0 Å². The Bertz CT molecular complexity index is 597. The minimum Gasteiger partial charge on any atom is -0.376 e. The van der Waals surface area contributed by atoms with Gasteiger partial charge < -0.3 is 14.5 Å². The van der Waals surface area contributed by atoms with Gasteiger partial charge in [-0.3, -0.25) is 14.9 Å². The molecular weight excluding hydrogens is 310 g/mol. The number of hydrogen-bond donors (Lipinski definition) is 0. The number of rotatable bonds is 7. The predicted octanol–water partition coefficient (Wildman–Crippen LogP) is 2.09. The summed E-state index contributed by atoms with van der Waals surface area (Å²) in [6, 6.07) is 4.53. The highest BCUT2D eigenvalue weighted by molar-refractivity contribution is 5.94. The second-order valence-electron chi connectivity index (χ2n) is 6.45. The number of aryl methyl sites for hydroxylation is 1. The topological polar surface area (TPSA) is 75.9 Å². The van der Waals surface area contributed by atoms with Crippen LogP contribution in [-0.4, -0.2) is 67.1 Å². The van der Waals surface area contributed by atoms with Crippen LogP contribution in [0.15, 0.2) is 18.2 Å². The van der Waals surface area contributed by atoms with Gasteiger partial charge in [0.05, 0.1) is 11.0 Å². The largest absolute Gasteiger partial charge is 0.376 e. The van der Waals surface area contributed by atoms with Crippen molar-refractivity contribution in [3.63, 3.8) is 0 Å². The molecule has 24 heavy (non-hydrogen) atoms. The summed E-state index contributed by atoms with van der Waals surface area (Å²) < 4.78 is 5.65. The molecule has 1 fully saturated rings. The van der Waals surface area contributed by atoms with Crippen molar-refractivity contribution in [2.45, 2.75) is 25.9 Å². The SMILES string of the molecule is Cc1cc(C(=O)N(CCN(C)C)CC2CCCO2)ccc1[N+](=O)[O-]. The molecule has 1 unspecified atom stereocenters. The van der Waals surface area contributed by atoms with Crippen molar-refractivity contribution in [3.05, 3.63) is 39.4 Å². The molecule has 0 aliphatic carbocycles. The Balaban J connectivity index is 2.15. The van der Waals surface area contributed by atoms with Crippen LogP contribution in [0.2, 0.25) is 0 Å². The molecule has 0 N–H and O–H groups in total. The van der Waals surface area contributed by atoms with Gasteiger partial charge in [0.2, 0.25) is 0 Å². The van der Waals surface area contributed by atoms with Gasteiger partial charge in [-0.25, -0.2) is 0 Å². The average Bonchev–Trinajstić information content (AvgIpc) is 3.03. The van der Waals surface area contributed by atoms with Crippen LogP contribution >= 0.6 is 0 Å². The third-order valence-electron chi connectivity index (χ3n) is 4.19. The molecule has 0 radical (unpaired) electrons. The number of nitro groups is 1. The number of hydrogen-bond acceptors (Lipinski definition) is 5. The summed E-state index contributed by atoms with van der Waals surface area (Å²) in [5.41, 5.74) is 1.01. The smallest absolute Gasteiger partial charge is 0.272 e. The van der Waals surface area contributed by atoms with E-state index >= 15 is 0 Å². The Hall–Kier alpha value is -1.99. The Morgan fingerprint density at radius 3 is 2.67 bits per heavy atom. The van der Waals surface area contributed by atoms with Gasteiger partial charge in [0.15, 0.2) is 0 Å². The third kappa shape index (κ3) is 4.75. The lowest BCUT2D eigenvalue weighted by Gasteiger charge is -2.27. The Kier molecular flexibility index (Phi) is 6.28. The highest BCUT2D eigenvalue weighted by atomic mass is 16.6. The van der Waals surface area contributed by atoms with Crippen molar-refractivity contribution in [2.24, 2.45) is 0 Å². The van der Waals surface area contributed by atoms with Gasteiger partial charge >= 0.3 is 0 Å². The molecule has 7 nitrogen and oxygen atoms in total. The van der Waals surface area contributed by atoms with Crippen LogP contribution in [0.4, 0.5) is 5.69 Å². The molecule has 1 aliphatic rings. The van der Waals surface area contributed by atoms with Gasteiger partial charge in [0, 0.05) is 43.4 Å². The maximum atomic E-state index is 12.9. The molecule has 1 heterocycles. The zero-order valence-corrected chi connectivity index (χ0v) is 14.5. The summed E-state index contributed by atoms with van der Waals surface area (Å²) in [5, 5.41) is 10.9. The molecule has 132 valence electrons. The van der Waals surface area contributed by atoms with E-state index < -0.39 is 4.92 Å². The van der Waals surface area contributed by atoms with Crippen molar-refractivity contribution in [3.8, 4) is 0 Å². The first-order valence-corrected chi connectivity index (χ1v) is 8.19. The van der Waals surface area contributed by atoms with E-state index in [1.54, 1.807) is 17.9 Å². The molecule has 1 aromatic carbocycles. The average molecular weight is 335 g/mol. The molecule has 0 spiro atoms. The van der Waals surface area contributed by atoms with Crippen LogP contribution in [-0.2, 0) is 4.74 Å². The summed E-state index contributed by atoms with van der Waals surface area (Å²) in [6.45, 7) is 4.31. The van der Waals surface area contributed by atoms with E-state index in [-0.39, 0.29) is 17.7 Å². The molecule has 0 bridgehead atoms. The second kappa shape index (κ2) is 8.21.